The summed E-state index contributed by atoms with van der Waals surface area (Å²) in [5.41, 5.74) is 0. The molecule has 2 unspecified atom stereocenters. The summed E-state index contributed by atoms with van der Waals surface area (Å²) in [5.74, 6) is 0.186. The highest BCUT2D eigenvalue weighted by Gasteiger charge is 2.16. The first-order chi connectivity index (χ1) is 8.54. The Morgan fingerprint density at radius 3 is 2.78 bits per heavy atom. The zero-order valence-corrected chi connectivity index (χ0v) is 11.9. The van der Waals surface area contributed by atoms with Crippen molar-refractivity contribution in [1.82, 2.24) is 5.32 Å². The molecule has 1 aromatic rings. The van der Waals surface area contributed by atoms with Gasteiger partial charge in [0.2, 0.25) is 0 Å². The Balaban J connectivity index is 2.51. The first-order valence-corrected chi connectivity index (χ1v) is 6.42. The highest BCUT2D eigenvalue weighted by atomic mass is 79.9. The van der Waals surface area contributed by atoms with Gasteiger partial charge in [0.15, 0.2) is 6.10 Å². The third kappa shape index (κ3) is 4.38. The van der Waals surface area contributed by atoms with Crippen LogP contribution in [0.3, 0.4) is 0 Å². The van der Waals surface area contributed by atoms with Gasteiger partial charge in [-0.05, 0) is 41.9 Å². The van der Waals surface area contributed by atoms with Crippen LogP contribution in [0, 0.1) is 17.2 Å². The predicted molar refractivity (Wildman–Crippen MR) is 72.0 cm³/mol. The van der Waals surface area contributed by atoms with Crippen molar-refractivity contribution < 1.29 is 9.53 Å². The lowest BCUT2D eigenvalue weighted by Crippen LogP contribution is -2.38. The van der Waals surface area contributed by atoms with Crippen molar-refractivity contribution in [1.29, 1.82) is 5.26 Å². The average Bonchev–Trinajstić information content (AvgIpc) is 2.38. The van der Waals surface area contributed by atoms with E-state index in [0.29, 0.717) is 12.3 Å². The number of benzene rings is 1. The monoisotopic (exact) mass is 310 g/mol. The molecule has 0 spiro atoms. The summed E-state index contributed by atoms with van der Waals surface area (Å²) in [7, 11) is 0. The average molecular weight is 311 g/mol. The summed E-state index contributed by atoms with van der Waals surface area (Å²) >= 11 is 3.35. The van der Waals surface area contributed by atoms with Crippen LogP contribution in [0.2, 0.25) is 0 Å². The normalized spacial score (nSPS) is 13.2. The van der Waals surface area contributed by atoms with Crippen molar-refractivity contribution in [2.75, 3.05) is 6.54 Å². The Morgan fingerprint density at radius 2 is 2.17 bits per heavy atom. The van der Waals surface area contributed by atoms with Crippen molar-refractivity contribution in [3.05, 3.63) is 28.7 Å². The molecule has 0 radical (unpaired) electrons. The number of hydrogen-bond acceptors (Lipinski definition) is 3. The second-order valence-electron chi connectivity index (χ2n) is 3.97. The fourth-order valence-electron chi connectivity index (χ4n) is 1.23. The number of rotatable bonds is 5. The second-order valence-corrected chi connectivity index (χ2v) is 4.82. The Kier molecular flexibility index (Phi) is 5.66. The molecule has 18 heavy (non-hydrogen) atoms. The zero-order valence-electron chi connectivity index (χ0n) is 10.3. The number of amides is 1. The van der Waals surface area contributed by atoms with E-state index < -0.39 is 6.10 Å². The molecule has 0 bridgehead atoms. The van der Waals surface area contributed by atoms with E-state index in [9.17, 15) is 4.79 Å². The fraction of sp³-hybridized carbons (Fsp3) is 0.385. The van der Waals surface area contributed by atoms with E-state index in [-0.39, 0.29) is 11.8 Å². The van der Waals surface area contributed by atoms with Gasteiger partial charge in [0, 0.05) is 6.54 Å². The summed E-state index contributed by atoms with van der Waals surface area (Å²) in [6.07, 6.45) is -0.602. The van der Waals surface area contributed by atoms with E-state index in [4.69, 9.17) is 10.00 Å². The van der Waals surface area contributed by atoms with Gasteiger partial charge in [-0.15, -0.1) is 0 Å². The van der Waals surface area contributed by atoms with Gasteiger partial charge >= 0.3 is 0 Å². The molecule has 0 heterocycles. The number of carbonyl (C=O) groups excluding carboxylic acids is 1. The lowest BCUT2D eigenvalue weighted by atomic mass is 10.2. The third-order valence-corrected chi connectivity index (χ3v) is 2.97. The van der Waals surface area contributed by atoms with Crippen molar-refractivity contribution in [2.24, 2.45) is 5.92 Å². The summed E-state index contributed by atoms with van der Waals surface area (Å²) in [4.78, 5) is 11.7. The van der Waals surface area contributed by atoms with E-state index in [1.165, 1.54) is 0 Å². The highest BCUT2D eigenvalue weighted by Crippen LogP contribution is 2.24. The van der Waals surface area contributed by atoms with E-state index in [0.717, 1.165) is 4.47 Å². The molecule has 0 saturated carbocycles. The number of nitriles is 1. The topological polar surface area (TPSA) is 62.1 Å². The van der Waals surface area contributed by atoms with E-state index >= 15 is 0 Å². The van der Waals surface area contributed by atoms with Crippen LogP contribution >= 0.6 is 15.9 Å². The van der Waals surface area contributed by atoms with E-state index in [1.54, 1.807) is 19.9 Å². The minimum absolute atomic E-state index is 0.204. The van der Waals surface area contributed by atoms with Gasteiger partial charge in [-0.1, -0.05) is 12.1 Å². The molecule has 4 nitrogen and oxygen atoms in total. The standard InChI is InChI=1S/C13H15BrN2O2/c1-9(7-15)8-16-13(17)10(2)18-12-6-4-3-5-11(12)14/h3-6,9-10H,8H2,1-2H3,(H,16,17). The summed E-state index contributed by atoms with van der Waals surface area (Å²) in [6.45, 7) is 3.75. The van der Waals surface area contributed by atoms with Gasteiger partial charge in [-0.2, -0.15) is 5.26 Å². The second kappa shape index (κ2) is 7.02. The first-order valence-electron chi connectivity index (χ1n) is 5.63. The molecule has 96 valence electrons. The number of halogens is 1. The number of carbonyl (C=O) groups is 1. The van der Waals surface area contributed by atoms with Crippen LogP contribution in [-0.4, -0.2) is 18.6 Å². The van der Waals surface area contributed by atoms with Gasteiger partial charge in [-0.3, -0.25) is 4.79 Å². The summed E-state index contributed by atoms with van der Waals surface area (Å²) in [5, 5.41) is 11.3. The maximum Gasteiger partial charge on any atom is 0.260 e. The third-order valence-electron chi connectivity index (χ3n) is 2.31. The maximum atomic E-state index is 11.7. The number of ether oxygens (including phenoxy) is 1. The molecule has 2 atom stereocenters. The van der Waals surface area contributed by atoms with Crippen molar-refractivity contribution >= 4 is 21.8 Å². The number of para-hydroxylation sites is 1. The van der Waals surface area contributed by atoms with Gasteiger partial charge in [0.25, 0.3) is 5.91 Å². The quantitative estimate of drug-likeness (QED) is 0.909. The summed E-state index contributed by atoms with van der Waals surface area (Å²) in [6, 6.07) is 9.39. The zero-order chi connectivity index (χ0) is 13.5. The largest absolute Gasteiger partial charge is 0.480 e. The van der Waals surface area contributed by atoms with Crippen molar-refractivity contribution in [3.63, 3.8) is 0 Å². The predicted octanol–water partition coefficient (Wildman–Crippen LogP) is 2.49. The van der Waals surface area contributed by atoms with Crippen LogP contribution in [0.1, 0.15) is 13.8 Å². The molecule has 0 aromatic heterocycles. The molecular weight excluding hydrogens is 296 g/mol. The van der Waals surface area contributed by atoms with E-state index in [2.05, 4.69) is 27.3 Å². The Labute approximate surface area is 115 Å². The van der Waals surface area contributed by atoms with Crippen molar-refractivity contribution in [3.8, 4) is 11.8 Å². The molecular formula is C13H15BrN2O2. The SMILES string of the molecule is CC(C#N)CNC(=O)C(C)Oc1ccccc1Br. The lowest BCUT2D eigenvalue weighted by molar-refractivity contribution is -0.127. The van der Waals surface area contributed by atoms with Gasteiger partial charge in [-0.25, -0.2) is 0 Å². The van der Waals surface area contributed by atoms with Gasteiger partial charge in [0.1, 0.15) is 5.75 Å². The van der Waals surface area contributed by atoms with Crippen LogP contribution in [0.25, 0.3) is 0 Å². The van der Waals surface area contributed by atoms with Crippen LogP contribution in [0.4, 0.5) is 0 Å². The highest BCUT2D eigenvalue weighted by molar-refractivity contribution is 9.10. The van der Waals surface area contributed by atoms with Crippen LogP contribution in [0.15, 0.2) is 28.7 Å². The maximum absolute atomic E-state index is 11.7. The summed E-state index contributed by atoms with van der Waals surface area (Å²) < 4.78 is 6.33. The molecule has 0 saturated heterocycles. The fourth-order valence-corrected chi connectivity index (χ4v) is 1.61. The number of hydrogen-bond donors (Lipinski definition) is 1. The van der Waals surface area contributed by atoms with Gasteiger partial charge < -0.3 is 10.1 Å². The first kappa shape index (κ1) is 14.5. The molecule has 1 amide bonds. The van der Waals surface area contributed by atoms with E-state index in [1.807, 2.05) is 18.2 Å². The minimum atomic E-state index is -0.602. The molecule has 0 aliphatic heterocycles. The molecule has 1 rings (SSSR count). The van der Waals surface area contributed by atoms with Gasteiger partial charge in [0.05, 0.1) is 16.5 Å². The Bertz CT molecular complexity index is 457. The molecule has 1 aromatic carbocycles. The van der Waals surface area contributed by atoms with Crippen LogP contribution < -0.4 is 10.1 Å². The van der Waals surface area contributed by atoms with Crippen LogP contribution in [0.5, 0.6) is 5.75 Å². The van der Waals surface area contributed by atoms with Crippen LogP contribution in [-0.2, 0) is 4.79 Å². The minimum Gasteiger partial charge on any atom is -0.480 e. The van der Waals surface area contributed by atoms with Crippen molar-refractivity contribution in [2.45, 2.75) is 20.0 Å². The smallest absolute Gasteiger partial charge is 0.260 e. The number of nitrogens with one attached hydrogen (secondary N) is 1. The lowest BCUT2D eigenvalue weighted by Gasteiger charge is -2.16. The molecule has 1 N–H and O–H groups in total. The molecule has 5 heteroatoms. The molecule has 0 aliphatic rings. The Morgan fingerprint density at radius 1 is 1.50 bits per heavy atom. The number of nitrogens with zero attached hydrogens (tertiary/aromatic N) is 1. The molecule has 0 fully saturated rings. The Hall–Kier alpha value is -1.54. The molecule has 0 aliphatic carbocycles.